The lowest BCUT2D eigenvalue weighted by atomic mass is 10.1. The minimum atomic E-state index is -0.788. The molecular formula is C27H37NO5. The number of hydrogen-bond acceptors (Lipinski definition) is 5. The Morgan fingerprint density at radius 3 is 2.09 bits per heavy atom. The zero-order valence-corrected chi connectivity index (χ0v) is 20.1. The number of amides is 1. The molecule has 0 aliphatic heterocycles. The topological polar surface area (TPSA) is 73.9 Å². The molecule has 0 aliphatic rings. The van der Waals surface area contributed by atoms with Gasteiger partial charge in [-0.1, -0.05) is 69.9 Å². The second-order valence-electron chi connectivity index (χ2n) is 8.01. The number of ether oxygens (including phenoxy) is 3. The SMILES string of the molecule is CCCCCOc1ccc(C(=O)NC(Cc2ccccc2)C(=O)OC)cc1OCCCCC. The van der Waals surface area contributed by atoms with Crippen LogP contribution in [0.3, 0.4) is 0 Å². The molecule has 0 fully saturated rings. The van der Waals surface area contributed by atoms with Crippen molar-refractivity contribution in [1.82, 2.24) is 5.32 Å². The highest BCUT2D eigenvalue weighted by molar-refractivity contribution is 5.97. The highest BCUT2D eigenvalue weighted by Crippen LogP contribution is 2.29. The van der Waals surface area contributed by atoms with E-state index in [2.05, 4.69) is 19.2 Å². The predicted molar refractivity (Wildman–Crippen MR) is 130 cm³/mol. The van der Waals surface area contributed by atoms with Gasteiger partial charge in [0, 0.05) is 12.0 Å². The van der Waals surface area contributed by atoms with Crippen LogP contribution in [-0.4, -0.2) is 38.2 Å². The smallest absolute Gasteiger partial charge is 0.328 e. The van der Waals surface area contributed by atoms with E-state index in [1.807, 2.05) is 30.3 Å². The van der Waals surface area contributed by atoms with Gasteiger partial charge in [0.2, 0.25) is 0 Å². The monoisotopic (exact) mass is 455 g/mol. The maximum atomic E-state index is 13.0. The van der Waals surface area contributed by atoms with Gasteiger partial charge in [0.1, 0.15) is 6.04 Å². The molecule has 6 heteroatoms. The molecule has 2 aromatic carbocycles. The van der Waals surface area contributed by atoms with E-state index in [9.17, 15) is 9.59 Å². The largest absolute Gasteiger partial charge is 0.490 e. The first-order valence-electron chi connectivity index (χ1n) is 11.9. The number of carbonyl (C=O) groups excluding carboxylic acids is 2. The van der Waals surface area contributed by atoms with Crippen LogP contribution in [0.2, 0.25) is 0 Å². The van der Waals surface area contributed by atoms with Gasteiger partial charge in [-0.3, -0.25) is 4.79 Å². The lowest BCUT2D eigenvalue weighted by Crippen LogP contribution is -2.43. The number of nitrogens with one attached hydrogen (secondary N) is 1. The number of carbonyl (C=O) groups is 2. The molecule has 1 atom stereocenters. The van der Waals surface area contributed by atoms with Crippen molar-refractivity contribution >= 4 is 11.9 Å². The first kappa shape index (κ1) is 26.2. The van der Waals surface area contributed by atoms with Crippen molar-refractivity contribution in [2.75, 3.05) is 20.3 Å². The Morgan fingerprint density at radius 2 is 1.48 bits per heavy atom. The molecule has 1 N–H and O–H groups in total. The van der Waals surface area contributed by atoms with Crippen molar-refractivity contribution in [3.8, 4) is 11.5 Å². The molecule has 0 aromatic heterocycles. The van der Waals surface area contributed by atoms with Gasteiger partial charge in [-0.2, -0.15) is 0 Å². The Morgan fingerprint density at radius 1 is 0.848 bits per heavy atom. The van der Waals surface area contributed by atoms with Gasteiger partial charge in [0.15, 0.2) is 11.5 Å². The first-order valence-corrected chi connectivity index (χ1v) is 11.9. The van der Waals surface area contributed by atoms with Gasteiger partial charge in [0.25, 0.3) is 5.91 Å². The molecule has 0 bridgehead atoms. The molecule has 1 unspecified atom stereocenters. The van der Waals surface area contributed by atoms with Gasteiger partial charge in [-0.25, -0.2) is 4.79 Å². The maximum absolute atomic E-state index is 13.0. The quantitative estimate of drug-likeness (QED) is 0.290. The number of esters is 1. The Bertz CT molecular complexity index is 853. The molecule has 0 spiro atoms. The molecule has 0 saturated heterocycles. The molecule has 0 heterocycles. The van der Waals surface area contributed by atoms with Gasteiger partial charge in [-0.05, 0) is 36.6 Å². The number of benzene rings is 2. The molecule has 6 nitrogen and oxygen atoms in total. The standard InChI is InChI=1S/C27H37NO5/c1-4-6-11-17-32-24-16-15-22(20-25(24)33-18-12-7-5-2)26(29)28-23(27(30)31-3)19-21-13-9-8-10-14-21/h8-10,13-16,20,23H,4-7,11-12,17-19H2,1-3H3,(H,28,29). The molecular weight excluding hydrogens is 418 g/mol. The molecule has 2 aromatic rings. The van der Waals surface area contributed by atoms with Gasteiger partial charge < -0.3 is 19.5 Å². The summed E-state index contributed by atoms with van der Waals surface area (Å²) in [5, 5.41) is 2.81. The van der Waals surface area contributed by atoms with Crippen molar-refractivity contribution < 1.29 is 23.8 Å². The van der Waals surface area contributed by atoms with E-state index >= 15 is 0 Å². The average Bonchev–Trinajstić information content (AvgIpc) is 2.84. The van der Waals surface area contributed by atoms with Crippen LogP contribution in [0.1, 0.15) is 68.3 Å². The lowest BCUT2D eigenvalue weighted by Gasteiger charge is -2.18. The summed E-state index contributed by atoms with van der Waals surface area (Å²) >= 11 is 0. The zero-order valence-electron chi connectivity index (χ0n) is 20.1. The predicted octanol–water partition coefficient (Wildman–Crippen LogP) is 5.34. The van der Waals surface area contributed by atoms with Crippen LogP contribution in [0.15, 0.2) is 48.5 Å². The first-order chi connectivity index (χ1) is 16.1. The normalized spacial score (nSPS) is 11.5. The third kappa shape index (κ3) is 9.16. The summed E-state index contributed by atoms with van der Waals surface area (Å²) in [6.07, 6.45) is 6.64. The molecule has 0 aliphatic carbocycles. The van der Waals surface area contributed by atoms with Crippen molar-refractivity contribution in [3.63, 3.8) is 0 Å². The van der Waals surface area contributed by atoms with Crippen LogP contribution >= 0.6 is 0 Å². The van der Waals surface area contributed by atoms with E-state index in [4.69, 9.17) is 14.2 Å². The Kier molecular flexibility index (Phi) is 11.9. The van der Waals surface area contributed by atoms with Crippen molar-refractivity contribution in [2.45, 2.75) is 64.8 Å². The minimum absolute atomic E-state index is 0.345. The van der Waals surface area contributed by atoms with Crippen LogP contribution in [-0.2, 0) is 16.0 Å². The maximum Gasteiger partial charge on any atom is 0.328 e. The Hall–Kier alpha value is -3.02. The highest BCUT2D eigenvalue weighted by atomic mass is 16.5. The van der Waals surface area contributed by atoms with Crippen LogP contribution < -0.4 is 14.8 Å². The molecule has 1 amide bonds. The molecule has 0 radical (unpaired) electrons. The molecule has 2 rings (SSSR count). The summed E-state index contributed by atoms with van der Waals surface area (Å²) in [5.41, 5.74) is 1.34. The minimum Gasteiger partial charge on any atom is -0.490 e. The number of rotatable bonds is 15. The Balaban J connectivity index is 2.13. The van der Waals surface area contributed by atoms with Gasteiger partial charge >= 0.3 is 5.97 Å². The third-order valence-corrected chi connectivity index (χ3v) is 5.29. The van der Waals surface area contributed by atoms with Crippen LogP contribution in [0.4, 0.5) is 0 Å². The second kappa shape index (κ2) is 14.9. The second-order valence-corrected chi connectivity index (χ2v) is 8.01. The average molecular weight is 456 g/mol. The third-order valence-electron chi connectivity index (χ3n) is 5.29. The summed E-state index contributed by atoms with van der Waals surface area (Å²) in [6, 6.07) is 13.9. The summed E-state index contributed by atoms with van der Waals surface area (Å²) in [4.78, 5) is 25.3. The van der Waals surface area contributed by atoms with Crippen molar-refractivity contribution in [1.29, 1.82) is 0 Å². The van der Waals surface area contributed by atoms with E-state index in [-0.39, 0.29) is 5.91 Å². The number of methoxy groups -OCH3 is 1. The fourth-order valence-corrected chi connectivity index (χ4v) is 3.38. The van der Waals surface area contributed by atoms with Crippen LogP contribution in [0.25, 0.3) is 0 Å². The summed E-state index contributed by atoms with van der Waals surface area (Å²) < 4.78 is 16.8. The van der Waals surface area contributed by atoms with E-state index in [0.717, 1.165) is 44.1 Å². The Labute approximate surface area is 197 Å². The van der Waals surface area contributed by atoms with Crippen LogP contribution in [0, 0.1) is 0 Å². The van der Waals surface area contributed by atoms with Gasteiger partial charge in [0.05, 0.1) is 20.3 Å². The van der Waals surface area contributed by atoms with E-state index in [1.165, 1.54) is 7.11 Å². The van der Waals surface area contributed by atoms with Gasteiger partial charge in [-0.15, -0.1) is 0 Å². The molecule has 33 heavy (non-hydrogen) atoms. The molecule has 0 saturated carbocycles. The molecule has 180 valence electrons. The number of hydrogen-bond donors (Lipinski definition) is 1. The van der Waals surface area contributed by atoms with E-state index < -0.39 is 12.0 Å². The lowest BCUT2D eigenvalue weighted by molar-refractivity contribution is -0.142. The van der Waals surface area contributed by atoms with E-state index in [1.54, 1.807) is 18.2 Å². The van der Waals surface area contributed by atoms with Crippen molar-refractivity contribution in [3.05, 3.63) is 59.7 Å². The fourth-order valence-electron chi connectivity index (χ4n) is 3.38. The highest BCUT2D eigenvalue weighted by Gasteiger charge is 2.23. The summed E-state index contributed by atoms with van der Waals surface area (Å²) in [7, 11) is 1.32. The van der Waals surface area contributed by atoms with Crippen LogP contribution in [0.5, 0.6) is 11.5 Å². The summed E-state index contributed by atoms with van der Waals surface area (Å²) in [5.74, 6) is 0.331. The number of unbranched alkanes of at least 4 members (excludes halogenated alkanes) is 4. The zero-order chi connectivity index (χ0) is 23.9. The fraction of sp³-hybridized carbons (Fsp3) is 0.481. The van der Waals surface area contributed by atoms with Crippen molar-refractivity contribution in [2.24, 2.45) is 0 Å². The summed E-state index contributed by atoms with van der Waals surface area (Å²) in [6.45, 7) is 5.45. The van der Waals surface area contributed by atoms with E-state index in [0.29, 0.717) is 36.7 Å².